The van der Waals surface area contributed by atoms with Crippen LogP contribution >= 0.6 is 0 Å². The fourth-order valence-electron chi connectivity index (χ4n) is 3.18. The van der Waals surface area contributed by atoms with Gasteiger partial charge in [0.2, 0.25) is 15.9 Å². The minimum atomic E-state index is -3.69. The highest BCUT2D eigenvalue weighted by Crippen LogP contribution is 2.31. The van der Waals surface area contributed by atoms with Gasteiger partial charge in [-0.05, 0) is 42.5 Å². The zero-order valence-corrected chi connectivity index (χ0v) is 18.5. The van der Waals surface area contributed by atoms with Gasteiger partial charge in [0.1, 0.15) is 12.3 Å². The number of benzene rings is 2. The summed E-state index contributed by atoms with van der Waals surface area (Å²) in [7, 11) is -2.22. The molecular weight excluding hydrogens is 388 g/mol. The van der Waals surface area contributed by atoms with Gasteiger partial charge in [-0.1, -0.05) is 50.2 Å². The number of nitrogens with one attached hydrogen (secondary N) is 1. The van der Waals surface area contributed by atoms with E-state index in [0.717, 1.165) is 28.1 Å². The largest absolute Gasteiger partial charge is 0.495 e. The number of aryl methyl sites for hydroxylation is 1. The molecule has 0 aliphatic carbocycles. The van der Waals surface area contributed by atoms with Gasteiger partial charge in [-0.3, -0.25) is 9.10 Å². The van der Waals surface area contributed by atoms with Gasteiger partial charge in [-0.15, -0.1) is 0 Å². The molecule has 0 unspecified atom stereocenters. The molecule has 0 saturated heterocycles. The Kier molecular flexibility index (Phi) is 7.67. The molecule has 1 atom stereocenters. The Balaban J connectivity index is 2.29. The van der Waals surface area contributed by atoms with E-state index in [1.165, 1.54) is 7.11 Å². The quantitative estimate of drug-likeness (QED) is 0.674. The summed E-state index contributed by atoms with van der Waals surface area (Å²) < 4.78 is 31.4. The lowest BCUT2D eigenvalue weighted by atomic mass is 9.97. The van der Waals surface area contributed by atoms with Gasteiger partial charge in [0, 0.05) is 0 Å². The number of methoxy groups -OCH3 is 1. The Labute approximate surface area is 173 Å². The van der Waals surface area contributed by atoms with Crippen LogP contribution in [0.15, 0.2) is 48.5 Å². The lowest BCUT2D eigenvalue weighted by Crippen LogP contribution is -2.42. The minimum absolute atomic E-state index is 0.190. The zero-order valence-electron chi connectivity index (χ0n) is 17.7. The summed E-state index contributed by atoms with van der Waals surface area (Å²) in [5, 5.41) is 3.00. The predicted molar refractivity (Wildman–Crippen MR) is 117 cm³/mol. The number of sulfonamides is 1. The second kappa shape index (κ2) is 9.78. The van der Waals surface area contributed by atoms with E-state index in [9.17, 15) is 13.2 Å². The number of ether oxygens (including phenoxy) is 1. The normalized spacial score (nSPS) is 12.5. The molecule has 0 spiro atoms. The first-order valence-electron chi connectivity index (χ1n) is 9.58. The minimum Gasteiger partial charge on any atom is -0.495 e. The van der Waals surface area contributed by atoms with Crippen LogP contribution in [0.3, 0.4) is 0 Å². The molecule has 0 fully saturated rings. The van der Waals surface area contributed by atoms with E-state index in [1.807, 2.05) is 43.3 Å². The molecule has 158 valence electrons. The summed E-state index contributed by atoms with van der Waals surface area (Å²) in [6.07, 6.45) is 1.84. The Bertz CT molecular complexity index is 927. The van der Waals surface area contributed by atoms with Gasteiger partial charge in [-0.2, -0.15) is 0 Å². The number of carbonyl (C=O) groups excluding carboxylic acids is 1. The smallest absolute Gasteiger partial charge is 0.241 e. The number of hydrogen-bond acceptors (Lipinski definition) is 4. The molecular formula is C22H30N2O4S. The van der Waals surface area contributed by atoms with Crippen molar-refractivity contribution in [3.05, 3.63) is 59.7 Å². The van der Waals surface area contributed by atoms with Gasteiger partial charge in [0.05, 0.1) is 25.1 Å². The standard InChI is InChI=1S/C22H30N2O4S/c1-16(2)13-19(18-9-7-6-8-10-18)23-22(25)15-24(29(5,26)27)20-14-17(3)11-12-21(20)28-4/h6-12,14,16,19H,13,15H2,1-5H3,(H,23,25)/t19-/m0/s1. The lowest BCUT2D eigenvalue weighted by molar-refractivity contribution is -0.120. The van der Waals surface area contributed by atoms with Crippen LogP contribution in [0.1, 0.15) is 37.4 Å². The summed E-state index contributed by atoms with van der Waals surface area (Å²) in [5.74, 6) is 0.396. The third kappa shape index (κ3) is 6.49. The fourth-order valence-corrected chi connectivity index (χ4v) is 4.03. The summed E-state index contributed by atoms with van der Waals surface area (Å²) in [5.41, 5.74) is 2.22. The molecule has 2 aromatic rings. The average molecular weight is 419 g/mol. The van der Waals surface area contributed by atoms with E-state index in [2.05, 4.69) is 19.2 Å². The highest BCUT2D eigenvalue weighted by molar-refractivity contribution is 7.92. The lowest BCUT2D eigenvalue weighted by Gasteiger charge is -2.26. The van der Waals surface area contributed by atoms with E-state index >= 15 is 0 Å². The monoisotopic (exact) mass is 418 g/mol. The first-order valence-corrected chi connectivity index (χ1v) is 11.4. The van der Waals surface area contributed by atoms with Crippen molar-refractivity contribution >= 4 is 21.6 Å². The Morgan fingerprint density at radius 1 is 1.14 bits per heavy atom. The van der Waals surface area contributed by atoms with Crippen molar-refractivity contribution < 1.29 is 17.9 Å². The summed E-state index contributed by atoms with van der Waals surface area (Å²) >= 11 is 0. The maximum Gasteiger partial charge on any atom is 0.241 e. The van der Waals surface area contributed by atoms with Gasteiger partial charge in [0.25, 0.3) is 0 Å². The van der Waals surface area contributed by atoms with Crippen molar-refractivity contribution in [3.63, 3.8) is 0 Å². The second-order valence-electron chi connectivity index (χ2n) is 7.61. The highest BCUT2D eigenvalue weighted by Gasteiger charge is 2.25. The van der Waals surface area contributed by atoms with Gasteiger partial charge in [-0.25, -0.2) is 8.42 Å². The number of rotatable bonds is 9. The van der Waals surface area contributed by atoms with Crippen molar-refractivity contribution in [1.82, 2.24) is 5.32 Å². The average Bonchev–Trinajstić information content (AvgIpc) is 2.65. The Morgan fingerprint density at radius 2 is 1.79 bits per heavy atom. The van der Waals surface area contributed by atoms with Crippen LogP contribution in [0.25, 0.3) is 0 Å². The molecule has 0 aromatic heterocycles. The maximum atomic E-state index is 12.9. The number of anilines is 1. The first kappa shape index (κ1) is 22.7. The topological polar surface area (TPSA) is 75.7 Å². The van der Waals surface area contributed by atoms with Crippen molar-refractivity contribution in [3.8, 4) is 5.75 Å². The maximum absolute atomic E-state index is 12.9. The highest BCUT2D eigenvalue weighted by atomic mass is 32.2. The SMILES string of the molecule is COc1ccc(C)cc1N(CC(=O)N[C@@H](CC(C)C)c1ccccc1)S(C)(=O)=O. The van der Waals surface area contributed by atoms with E-state index in [1.54, 1.807) is 12.1 Å². The number of nitrogens with zero attached hydrogens (tertiary/aromatic N) is 1. The van der Waals surface area contributed by atoms with Crippen LogP contribution in [0.4, 0.5) is 5.69 Å². The molecule has 0 heterocycles. The van der Waals surface area contributed by atoms with Crippen LogP contribution in [0, 0.1) is 12.8 Å². The van der Waals surface area contributed by atoms with Crippen LogP contribution in [0.5, 0.6) is 5.75 Å². The molecule has 0 aliphatic rings. The molecule has 0 bridgehead atoms. The van der Waals surface area contributed by atoms with E-state index in [4.69, 9.17) is 4.74 Å². The van der Waals surface area contributed by atoms with Gasteiger partial charge in [0.15, 0.2) is 0 Å². The number of carbonyl (C=O) groups is 1. The Morgan fingerprint density at radius 3 is 2.34 bits per heavy atom. The molecule has 7 heteroatoms. The van der Waals surface area contributed by atoms with Crippen molar-refractivity contribution in [1.29, 1.82) is 0 Å². The van der Waals surface area contributed by atoms with E-state index in [0.29, 0.717) is 17.4 Å². The second-order valence-corrected chi connectivity index (χ2v) is 9.51. The number of amides is 1. The van der Waals surface area contributed by atoms with Crippen LogP contribution < -0.4 is 14.4 Å². The summed E-state index contributed by atoms with van der Waals surface area (Å²) in [6.45, 7) is 5.71. The molecule has 1 amide bonds. The van der Waals surface area contributed by atoms with E-state index < -0.39 is 10.0 Å². The molecule has 2 aromatic carbocycles. The van der Waals surface area contributed by atoms with Crippen molar-refractivity contribution in [2.24, 2.45) is 5.92 Å². The molecule has 0 radical (unpaired) electrons. The number of hydrogen-bond donors (Lipinski definition) is 1. The van der Waals surface area contributed by atoms with Crippen LogP contribution in [-0.2, 0) is 14.8 Å². The fraction of sp³-hybridized carbons (Fsp3) is 0.409. The molecule has 2 rings (SSSR count). The Hall–Kier alpha value is -2.54. The van der Waals surface area contributed by atoms with Gasteiger partial charge >= 0.3 is 0 Å². The molecule has 0 saturated carbocycles. The summed E-state index contributed by atoms with van der Waals surface area (Å²) in [6, 6.07) is 14.7. The van der Waals surface area contributed by atoms with Crippen LogP contribution in [-0.4, -0.2) is 34.2 Å². The zero-order chi connectivity index (χ0) is 21.6. The van der Waals surface area contributed by atoms with Crippen molar-refractivity contribution in [2.45, 2.75) is 33.2 Å². The predicted octanol–water partition coefficient (Wildman–Crippen LogP) is 3.67. The molecule has 29 heavy (non-hydrogen) atoms. The van der Waals surface area contributed by atoms with Crippen LogP contribution in [0.2, 0.25) is 0 Å². The summed E-state index contributed by atoms with van der Waals surface area (Å²) in [4.78, 5) is 12.9. The molecule has 0 aliphatic heterocycles. The first-order chi connectivity index (χ1) is 13.6. The molecule has 6 nitrogen and oxygen atoms in total. The van der Waals surface area contributed by atoms with Gasteiger partial charge < -0.3 is 10.1 Å². The third-order valence-electron chi connectivity index (χ3n) is 4.53. The molecule has 1 N–H and O–H groups in total. The van der Waals surface area contributed by atoms with Crippen molar-refractivity contribution in [2.75, 3.05) is 24.2 Å². The third-order valence-corrected chi connectivity index (χ3v) is 5.66. The van der Waals surface area contributed by atoms with E-state index in [-0.39, 0.29) is 18.5 Å².